The largest absolute Gasteiger partial charge is 0.495 e. The highest BCUT2D eigenvalue weighted by atomic mass is 16.5. The third-order valence-corrected chi connectivity index (χ3v) is 4.63. The molecular weight excluding hydrogens is 254 g/mol. The Morgan fingerprint density at radius 2 is 1.85 bits per heavy atom. The highest BCUT2D eigenvalue weighted by Crippen LogP contribution is 2.48. The van der Waals surface area contributed by atoms with E-state index in [1.807, 2.05) is 6.07 Å². The molecule has 112 valence electrons. The van der Waals surface area contributed by atoms with Crippen molar-refractivity contribution in [1.29, 1.82) is 0 Å². The fourth-order valence-electron chi connectivity index (χ4n) is 2.97. The molecule has 0 radical (unpaired) electrons. The third kappa shape index (κ3) is 2.81. The summed E-state index contributed by atoms with van der Waals surface area (Å²) in [5.74, 6) is 0.612. The van der Waals surface area contributed by atoms with E-state index in [9.17, 15) is 5.11 Å². The molecule has 0 aromatic carbocycles. The summed E-state index contributed by atoms with van der Waals surface area (Å²) in [4.78, 5) is 4.30. The van der Waals surface area contributed by atoms with Gasteiger partial charge in [0.05, 0.1) is 12.7 Å². The Balaban J connectivity index is 2.27. The first-order valence-electron chi connectivity index (χ1n) is 7.16. The van der Waals surface area contributed by atoms with Gasteiger partial charge in [0.2, 0.25) is 0 Å². The molecular formula is C16H25NO3. The van der Waals surface area contributed by atoms with Gasteiger partial charge in [0.25, 0.3) is 0 Å². The van der Waals surface area contributed by atoms with Gasteiger partial charge in [0.15, 0.2) is 0 Å². The highest BCUT2D eigenvalue weighted by Gasteiger charge is 2.45. The van der Waals surface area contributed by atoms with E-state index in [1.54, 1.807) is 26.5 Å². The molecule has 1 N–H and O–H groups in total. The van der Waals surface area contributed by atoms with Crippen LogP contribution in [0.5, 0.6) is 5.75 Å². The summed E-state index contributed by atoms with van der Waals surface area (Å²) in [5.41, 5.74) is 0.323. The highest BCUT2D eigenvalue weighted by molar-refractivity contribution is 5.30. The monoisotopic (exact) mass is 279 g/mol. The molecule has 0 saturated heterocycles. The van der Waals surface area contributed by atoms with E-state index in [0.717, 1.165) is 25.7 Å². The molecule has 1 aromatic rings. The lowest BCUT2D eigenvalue weighted by molar-refractivity contribution is -0.140. The lowest BCUT2D eigenvalue weighted by atomic mass is 9.68. The van der Waals surface area contributed by atoms with Crippen LogP contribution >= 0.6 is 0 Å². The maximum Gasteiger partial charge on any atom is 0.143 e. The van der Waals surface area contributed by atoms with Crippen molar-refractivity contribution in [3.8, 4) is 5.75 Å². The predicted octanol–water partition coefficient (Wildman–Crippen LogP) is 3.11. The SMILES string of the molecule is COc1cccnc1C(O)C1(OC)CCC(C)(C)CC1. The van der Waals surface area contributed by atoms with Crippen LogP contribution in [0.2, 0.25) is 0 Å². The van der Waals surface area contributed by atoms with Crippen LogP contribution in [0.4, 0.5) is 0 Å². The quantitative estimate of drug-likeness (QED) is 0.920. The number of rotatable bonds is 4. The smallest absolute Gasteiger partial charge is 0.143 e. The number of hydrogen-bond donors (Lipinski definition) is 1. The number of nitrogens with zero attached hydrogens (tertiary/aromatic N) is 1. The van der Waals surface area contributed by atoms with Crippen molar-refractivity contribution in [2.45, 2.75) is 51.2 Å². The topological polar surface area (TPSA) is 51.6 Å². The van der Waals surface area contributed by atoms with Crippen LogP contribution < -0.4 is 4.74 Å². The lowest BCUT2D eigenvalue weighted by Crippen LogP contribution is -2.44. The van der Waals surface area contributed by atoms with Crippen molar-refractivity contribution in [1.82, 2.24) is 4.98 Å². The summed E-state index contributed by atoms with van der Waals surface area (Å²) < 4.78 is 11.1. The van der Waals surface area contributed by atoms with E-state index in [2.05, 4.69) is 18.8 Å². The fraction of sp³-hybridized carbons (Fsp3) is 0.688. The second kappa shape index (κ2) is 5.70. The van der Waals surface area contributed by atoms with Gasteiger partial charge in [-0.2, -0.15) is 0 Å². The molecule has 2 rings (SSSR count). The summed E-state index contributed by atoms with van der Waals surface area (Å²) in [6.45, 7) is 4.53. The molecule has 4 heteroatoms. The number of hydrogen-bond acceptors (Lipinski definition) is 4. The molecule has 1 aliphatic rings. The lowest BCUT2D eigenvalue weighted by Gasteiger charge is -2.45. The van der Waals surface area contributed by atoms with Crippen molar-refractivity contribution in [3.63, 3.8) is 0 Å². The van der Waals surface area contributed by atoms with Crippen LogP contribution in [0.1, 0.15) is 51.3 Å². The van der Waals surface area contributed by atoms with Gasteiger partial charge in [-0.05, 0) is 43.2 Å². The zero-order valence-corrected chi connectivity index (χ0v) is 12.8. The minimum atomic E-state index is -0.764. The van der Waals surface area contributed by atoms with Crippen LogP contribution in [0.3, 0.4) is 0 Å². The molecule has 1 heterocycles. The maximum absolute atomic E-state index is 10.8. The minimum Gasteiger partial charge on any atom is -0.495 e. The summed E-state index contributed by atoms with van der Waals surface area (Å²) >= 11 is 0. The van der Waals surface area contributed by atoms with Crippen LogP contribution in [0, 0.1) is 5.41 Å². The van der Waals surface area contributed by atoms with E-state index in [0.29, 0.717) is 16.9 Å². The average molecular weight is 279 g/mol. The van der Waals surface area contributed by atoms with Gasteiger partial charge < -0.3 is 14.6 Å². The number of aromatic nitrogens is 1. The molecule has 1 fully saturated rings. The molecule has 1 unspecified atom stereocenters. The molecule has 1 saturated carbocycles. The molecule has 4 nitrogen and oxygen atoms in total. The summed E-state index contributed by atoms with van der Waals surface area (Å²) in [6, 6.07) is 3.63. The Kier molecular flexibility index (Phi) is 4.35. The van der Waals surface area contributed by atoms with Crippen LogP contribution in [-0.4, -0.2) is 29.9 Å². The van der Waals surface area contributed by atoms with Crippen LogP contribution in [0.15, 0.2) is 18.3 Å². The van der Waals surface area contributed by atoms with Crippen molar-refractivity contribution >= 4 is 0 Å². The van der Waals surface area contributed by atoms with E-state index in [1.165, 1.54) is 0 Å². The Hall–Kier alpha value is -1.13. The number of ether oxygens (including phenoxy) is 2. The number of aliphatic hydroxyl groups is 1. The van der Waals surface area contributed by atoms with E-state index >= 15 is 0 Å². The zero-order chi connectivity index (χ0) is 14.8. The van der Waals surface area contributed by atoms with E-state index in [4.69, 9.17) is 9.47 Å². The van der Waals surface area contributed by atoms with Gasteiger partial charge in [-0.1, -0.05) is 13.8 Å². The number of pyridine rings is 1. The summed E-state index contributed by atoms with van der Waals surface area (Å²) in [7, 11) is 3.27. The third-order valence-electron chi connectivity index (χ3n) is 4.63. The summed E-state index contributed by atoms with van der Waals surface area (Å²) in [6.07, 6.45) is 4.64. The molecule has 1 atom stereocenters. The van der Waals surface area contributed by atoms with Gasteiger partial charge in [-0.25, -0.2) is 0 Å². The minimum absolute atomic E-state index is 0.315. The first kappa shape index (κ1) is 15.3. The standard InChI is InChI=1S/C16H25NO3/c1-15(2)7-9-16(20-4,10-8-15)14(18)13-12(19-3)6-5-11-17-13/h5-6,11,14,18H,7-10H2,1-4H3. The Labute approximate surface area is 121 Å². The van der Waals surface area contributed by atoms with Crippen molar-refractivity contribution < 1.29 is 14.6 Å². The molecule has 0 aliphatic heterocycles. The zero-order valence-electron chi connectivity index (χ0n) is 12.8. The summed E-state index contributed by atoms with van der Waals surface area (Å²) in [5, 5.41) is 10.8. The Morgan fingerprint density at radius 3 is 2.40 bits per heavy atom. The molecule has 0 amide bonds. The van der Waals surface area contributed by atoms with Gasteiger partial charge >= 0.3 is 0 Å². The van der Waals surface area contributed by atoms with Crippen LogP contribution in [-0.2, 0) is 4.74 Å². The van der Waals surface area contributed by atoms with Crippen molar-refractivity contribution in [2.75, 3.05) is 14.2 Å². The molecule has 1 aromatic heterocycles. The van der Waals surface area contributed by atoms with Gasteiger partial charge in [-0.15, -0.1) is 0 Å². The first-order valence-corrected chi connectivity index (χ1v) is 7.16. The second-order valence-electron chi connectivity index (χ2n) is 6.43. The van der Waals surface area contributed by atoms with Gasteiger partial charge in [0.1, 0.15) is 17.5 Å². The Bertz CT molecular complexity index is 449. The molecule has 0 spiro atoms. The van der Waals surface area contributed by atoms with Gasteiger partial charge in [-0.3, -0.25) is 4.98 Å². The van der Waals surface area contributed by atoms with Crippen molar-refractivity contribution in [2.24, 2.45) is 5.41 Å². The van der Waals surface area contributed by atoms with E-state index < -0.39 is 11.7 Å². The molecule has 0 bridgehead atoms. The number of methoxy groups -OCH3 is 2. The first-order chi connectivity index (χ1) is 9.44. The molecule has 1 aliphatic carbocycles. The molecule has 20 heavy (non-hydrogen) atoms. The maximum atomic E-state index is 10.8. The normalized spacial score (nSPS) is 22.2. The van der Waals surface area contributed by atoms with Gasteiger partial charge in [0, 0.05) is 13.3 Å². The van der Waals surface area contributed by atoms with E-state index in [-0.39, 0.29) is 0 Å². The number of aliphatic hydroxyl groups excluding tert-OH is 1. The van der Waals surface area contributed by atoms with Crippen LogP contribution in [0.25, 0.3) is 0 Å². The predicted molar refractivity (Wildman–Crippen MR) is 77.7 cm³/mol. The second-order valence-corrected chi connectivity index (χ2v) is 6.43. The average Bonchev–Trinajstić information content (AvgIpc) is 2.47. The Morgan fingerprint density at radius 1 is 1.20 bits per heavy atom. The van der Waals surface area contributed by atoms with Crippen molar-refractivity contribution in [3.05, 3.63) is 24.0 Å². The fourth-order valence-corrected chi connectivity index (χ4v) is 2.97.